The maximum Gasteiger partial charge on any atom is 0.321 e. The van der Waals surface area contributed by atoms with Gasteiger partial charge in [-0.1, -0.05) is 36.0 Å². The number of urea groups is 1. The zero-order valence-corrected chi connectivity index (χ0v) is 19.1. The fourth-order valence-corrected chi connectivity index (χ4v) is 3.85. The zero-order chi connectivity index (χ0) is 22.8. The van der Waals surface area contributed by atoms with Crippen LogP contribution in [0, 0.1) is 13.8 Å². The number of hydrogen-bond acceptors (Lipinski definition) is 5. The van der Waals surface area contributed by atoms with E-state index in [1.165, 1.54) is 4.57 Å². The molecule has 7 nitrogen and oxygen atoms in total. The first-order valence-electron chi connectivity index (χ1n) is 9.89. The number of carbonyl (C=O) groups excluding carboxylic acids is 2. The van der Waals surface area contributed by atoms with E-state index in [0.29, 0.717) is 16.1 Å². The number of hydrogen-bond donors (Lipinski definition) is 2. The molecule has 0 radical (unpaired) electrons. The summed E-state index contributed by atoms with van der Waals surface area (Å²) in [5.41, 5.74) is 2.54. The maximum absolute atomic E-state index is 13.3. The Balaban J connectivity index is 1.96. The second kappa shape index (κ2) is 8.93. The Morgan fingerprint density at radius 2 is 1.81 bits per heavy atom. The van der Waals surface area contributed by atoms with Crippen molar-refractivity contribution in [3.05, 3.63) is 63.9 Å². The van der Waals surface area contributed by atoms with Gasteiger partial charge in [-0.2, -0.15) is 0 Å². The van der Waals surface area contributed by atoms with Crippen molar-refractivity contribution >= 4 is 34.6 Å². The summed E-state index contributed by atoms with van der Waals surface area (Å²) in [4.78, 5) is 42.3. The normalized spacial score (nSPS) is 11.4. The number of carbonyl (C=O) groups is 2. The summed E-state index contributed by atoms with van der Waals surface area (Å²) in [5, 5.41) is 5.89. The zero-order valence-electron chi connectivity index (χ0n) is 18.3. The van der Waals surface area contributed by atoms with E-state index < -0.39 is 17.5 Å². The standard InChI is InChI=1S/C23H26N4O3S/c1-14-10-11-15(2)18(12-14)27-20(29)16-8-6-7-9-17(16)24-22(27)31-13-19(28)25-21(30)26-23(3,4)5/h6-12H,13H2,1-5H3,(H2,25,26,28,30). The van der Waals surface area contributed by atoms with Crippen LogP contribution >= 0.6 is 11.8 Å². The van der Waals surface area contributed by atoms with Gasteiger partial charge in [-0.25, -0.2) is 9.78 Å². The molecule has 162 valence electrons. The highest BCUT2D eigenvalue weighted by Crippen LogP contribution is 2.23. The molecular weight excluding hydrogens is 412 g/mol. The number of amides is 3. The molecule has 1 aromatic heterocycles. The number of nitrogens with zero attached hydrogens (tertiary/aromatic N) is 2. The largest absolute Gasteiger partial charge is 0.333 e. The molecule has 0 saturated carbocycles. The number of rotatable bonds is 4. The van der Waals surface area contributed by atoms with Crippen LogP contribution in [0.1, 0.15) is 31.9 Å². The quantitative estimate of drug-likeness (QED) is 0.478. The highest BCUT2D eigenvalue weighted by molar-refractivity contribution is 7.99. The molecule has 0 atom stereocenters. The molecule has 3 amide bonds. The van der Waals surface area contributed by atoms with Gasteiger partial charge in [-0.15, -0.1) is 0 Å². The van der Waals surface area contributed by atoms with E-state index >= 15 is 0 Å². The SMILES string of the molecule is Cc1ccc(C)c(-n2c(SCC(=O)NC(=O)NC(C)(C)C)nc3ccccc3c2=O)c1. The van der Waals surface area contributed by atoms with Gasteiger partial charge in [0.1, 0.15) is 0 Å². The van der Waals surface area contributed by atoms with Crippen LogP contribution in [0.15, 0.2) is 52.4 Å². The Kier molecular flexibility index (Phi) is 6.50. The lowest BCUT2D eigenvalue weighted by molar-refractivity contribution is -0.117. The lowest BCUT2D eigenvalue weighted by atomic mass is 10.1. The third-order valence-electron chi connectivity index (χ3n) is 4.42. The third kappa shape index (κ3) is 5.52. The molecule has 0 saturated heterocycles. The first-order chi connectivity index (χ1) is 14.5. The van der Waals surface area contributed by atoms with Crippen molar-refractivity contribution in [2.45, 2.75) is 45.3 Å². The van der Waals surface area contributed by atoms with Gasteiger partial charge in [0.2, 0.25) is 5.91 Å². The topological polar surface area (TPSA) is 93.1 Å². The molecule has 0 bridgehead atoms. The van der Waals surface area contributed by atoms with Crippen LogP contribution < -0.4 is 16.2 Å². The molecule has 8 heteroatoms. The monoisotopic (exact) mass is 438 g/mol. The number of imide groups is 1. The van der Waals surface area contributed by atoms with Crippen LogP contribution in [0.25, 0.3) is 16.6 Å². The number of thioether (sulfide) groups is 1. The molecule has 0 aliphatic rings. The Morgan fingerprint density at radius 1 is 1.10 bits per heavy atom. The van der Waals surface area contributed by atoms with Gasteiger partial charge in [-0.3, -0.25) is 19.5 Å². The van der Waals surface area contributed by atoms with Crippen molar-refractivity contribution in [1.29, 1.82) is 0 Å². The fraction of sp³-hybridized carbons (Fsp3) is 0.304. The summed E-state index contributed by atoms with van der Waals surface area (Å²) < 4.78 is 1.54. The second-order valence-electron chi connectivity index (χ2n) is 8.38. The summed E-state index contributed by atoms with van der Waals surface area (Å²) in [6.07, 6.45) is 0. The summed E-state index contributed by atoms with van der Waals surface area (Å²) >= 11 is 1.11. The predicted octanol–water partition coefficient (Wildman–Crippen LogP) is 3.72. The summed E-state index contributed by atoms with van der Waals surface area (Å²) in [6.45, 7) is 9.36. The molecule has 31 heavy (non-hydrogen) atoms. The maximum atomic E-state index is 13.3. The van der Waals surface area contributed by atoms with Crippen LogP contribution in [0.5, 0.6) is 0 Å². The Labute approximate surface area is 185 Å². The van der Waals surface area contributed by atoms with Crippen molar-refractivity contribution in [3.8, 4) is 5.69 Å². The first-order valence-corrected chi connectivity index (χ1v) is 10.9. The molecule has 2 aromatic carbocycles. The molecule has 0 aliphatic carbocycles. The highest BCUT2D eigenvalue weighted by Gasteiger charge is 2.18. The third-order valence-corrected chi connectivity index (χ3v) is 5.36. The van der Waals surface area contributed by atoms with Gasteiger partial charge in [-0.05, 0) is 63.9 Å². The molecule has 1 heterocycles. The van der Waals surface area contributed by atoms with Crippen molar-refractivity contribution in [2.24, 2.45) is 0 Å². The lowest BCUT2D eigenvalue weighted by Crippen LogP contribution is -2.48. The number of aromatic nitrogens is 2. The average Bonchev–Trinajstić information content (AvgIpc) is 2.67. The first kappa shape index (κ1) is 22.6. The summed E-state index contributed by atoms with van der Waals surface area (Å²) in [7, 11) is 0. The minimum Gasteiger partial charge on any atom is -0.333 e. The minimum absolute atomic E-state index is 0.0623. The number of benzene rings is 2. The second-order valence-corrected chi connectivity index (χ2v) is 9.33. The smallest absolute Gasteiger partial charge is 0.321 e. The van der Waals surface area contributed by atoms with Crippen LogP contribution in [0.3, 0.4) is 0 Å². The van der Waals surface area contributed by atoms with Gasteiger partial charge in [0.05, 0.1) is 22.3 Å². The molecule has 3 aromatic rings. The fourth-order valence-electron chi connectivity index (χ4n) is 3.05. The lowest BCUT2D eigenvalue weighted by Gasteiger charge is -2.20. The molecular formula is C23H26N4O3S. The van der Waals surface area contributed by atoms with E-state index in [1.54, 1.807) is 18.2 Å². The van der Waals surface area contributed by atoms with Crippen molar-refractivity contribution in [2.75, 3.05) is 5.75 Å². The Hall–Kier alpha value is -3.13. The van der Waals surface area contributed by atoms with E-state index in [4.69, 9.17) is 0 Å². The van der Waals surface area contributed by atoms with Crippen molar-refractivity contribution in [1.82, 2.24) is 20.2 Å². The molecule has 3 rings (SSSR count). The van der Waals surface area contributed by atoms with Gasteiger partial charge < -0.3 is 5.32 Å². The molecule has 0 spiro atoms. The molecule has 0 aliphatic heterocycles. The number of aryl methyl sites for hydroxylation is 2. The predicted molar refractivity (Wildman–Crippen MR) is 124 cm³/mol. The molecule has 2 N–H and O–H groups in total. The van der Waals surface area contributed by atoms with Crippen LogP contribution in [-0.4, -0.2) is 32.8 Å². The van der Waals surface area contributed by atoms with E-state index in [-0.39, 0.29) is 11.3 Å². The van der Waals surface area contributed by atoms with E-state index in [1.807, 2.05) is 58.9 Å². The average molecular weight is 439 g/mol. The van der Waals surface area contributed by atoms with Crippen molar-refractivity contribution in [3.63, 3.8) is 0 Å². The van der Waals surface area contributed by atoms with E-state index in [2.05, 4.69) is 15.6 Å². The highest BCUT2D eigenvalue weighted by atomic mass is 32.2. The van der Waals surface area contributed by atoms with Crippen LogP contribution in [-0.2, 0) is 4.79 Å². The number of para-hydroxylation sites is 1. The minimum atomic E-state index is -0.559. The Morgan fingerprint density at radius 3 is 2.52 bits per heavy atom. The Bertz CT molecular complexity index is 1210. The molecule has 0 fully saturated rings. The summed E-state index contributed by atoms with van der Waals surface area (Å²) in [5.74, 6) is -0.533. The molecule has 0 unspecified atom stereocenters. The van der Waals surface area contributed by atoms with Gasteiger partial charge in [0.25, 0.3) is 5.56 Å². The van der Waals surface area contributed by atoms with E-state index in [0.717, 1.165) is 28.6 Å². The summed E-state index contributed by atoms with van der Waals surface area (Å²) in [6, 6.07) is 12.4. The van der Waals surface area contributed by atoms with E-state index in [9.17, 15) is 14.4 Å². The van der Waals surface area contributed by atoms with Gasteiger partial charge in [0.15, 0.2) is 5.16 Å². The van der Waals surface area contributed by atoms with Crippen molar-refractivity contribution < 1.29 is 9.59 Å². The van der Waals surface area contributed by atoms with Crippen LogP contribution in [0.4, 0.5) is 4.79 Å². The van der Waals surface area contributed by atoms with Crippen LogP contribution in [0.2, 0.25) is 0 Å². The van der Waals surface area contributed by atoms with Gasteiger partial charge in [0, 0.05) is 5.54 Å². The van der Waals surface area contributed by atoms with Gasteiger partial charge >= 0.3 is 6.03 Å². The number of nitrogens with one attached hydrogen (secondary N) is 2. The number of fused-ring (bicyclic) bond motifs is 1.